The fourth-order valence-corrected chi connectivity index (χ4v) is 1.98. The number of carbonyl (C=O) groups is 2. The molecule has 2 aromatic rings. The zero-order valence-corrected chi connectivity index (χ0v) is 11.2. The Kier molecular flexibility index (Phi) is 4.35. The van der Waals surface area contributed by atoms with Gasteiger partial charge in [0, 0.05) is 5.56 Å². The van der Waals surface area contributed by atoms with E-state index in [9.17, 15) is 14.7 Å². The number of aromatic hydroxyl groups is 1. The van der Waals surface area contributed by atoms with Crippen molar-refractivity contribution in [2.45, 2.75) is 12.5 Å². The van der Waals surface area contributed by atoms with Gasteiger partial charge in [0.05, 0.1) is 5.56 Å². The van der Waals surface area contributed by atoms with Crippen molar-refractivity contribution in [3.8, 4) is 5.75 Å². The van der Waals surface area contributed by atoms with Crippen LogP contribution in [-0.4, -0.2) is 28.0 Å². The number of carbonyl (C=O) groups excluding carboxylic acids is 1. The third kappa shape index (κ3) is 3.46. The number of carboxylic acid groups (broad SMARTS) is 1. The summed E-state index contributed by atoms with van der Waals surface area (Å²) in [6.07, 6.45) is 0.0880. The second-order valence-corrected chi connectivity index (χ2v) is 4.70. The lowest BCUT2D eigenvalue weighted by Gasteiger charge is -2.09. The Labute approximate surface area is 121 Å². The van der Waals surface area contributed by atoms with Crippen molar-refractivity contribution in [3.63, 3.8) is 0 Å². The van der Waals surface area contributed by atoms with Crippen molar-refractivity contribution in [2.75, 3.05) is 0 Å². The van der Waals surface area contributed by atoms with E-state index in [2.05, 4.69) is 0 Å². The molecule has 5 nitrogen and oxygen atoms in total. The molecule has 0 heterocycles. The summed E-state index contributed by atoms with van der Waals surface area (Å²) in [5.41, 5.74) is 6.65. The molecule has 108 valence electrons. The lowest BCUT2D eigenvalue weighted by Crippen LogP contribution is -2.32. The number of ketones is 1. The molecular weight excluding hydrogens is 270 g/mol. The van der Waals surface area contributed by atoms with Gasteiger partial charge in [0.25, 0.3) is 0 Å². The van der Waals surface area contributed by atoms with E-state index in [1.807, 2.05) is 0 Å². The van der Waals surface area contributed by atoms with Crippen molar-refractivity contribution < 1.29 is 19.8 Å². The molecule has 0 saturated carbocycles. The minimum absolute atomic E-state index is 0.0880. The number of benzene rings is 2. The molecule has 0 spiro atoms. The number of aliphatic carboxylic acids is 1. The molecule has 0 radical (unpaired) electrons. The molecule has 5 heteroatoms. The second-order valence-electron chi connectivity index (χ2n) is 4.70. The predicted molar refractivity (Wildman–Crippen MR) is 77.3 cm³/mol. The summed E-state index contributed by atoms with van der Waals surface area (Å²) in [7, 11) is 0. The maximum absolute atomic E-state index is 12.3. The van der Waals surface area contributed by atoms with Crippen LogP contribution in [0.5, 0.6) is 5.75 Å². The third-order valence-corrected chi connectivity index (χ3v) is 3.11. The van der Waals surface area contributed by atoms with Crippen LogP contribution in [0, 0.1) is 0 Å². The van der Waals surface area contributed by atoms with Crippen molar-refractivity contribution >= 4 is 11.8 Å². The fourth-order valence-electron chi connectivity index (χ4n) is 1.98. The minimum Gasteiger partial charge on any atom is -0.507 e. The number of nitrogens with two attached hydrogens (primary N) is 1. The molecule has 0 amide bonds. The first kappa shape index (κ1) is 14.7. The number of rotatable bonds is 5. The topological polar surface area (TPSA) is 101 Å². The Morgan fingerprint density at radius 3 is 2.38 bits per heavy atom. The van der Waals surface area contributed by atoms with Gasteiger partial charge in [0.1, 0.15) is 11.8 Å². The van der Waals surface area contributed by atoms with Gasteiger partial charge >= 0.3 is 5.97 Å². The molecule has 21 heavy (non-hydrogen) atoms. The second kappa shape index (κ2) is 6.19. The van der Waals surface area contributed by atoms with Crippen LogP contribution in [0.2, 0.25) is 0 Å². The van der Waals surface area contributed by atoms with E-state index in [0.717, 1.165) is 0 Å². The molecule has 0 saturated heterocycles. The number of carboxylic acids is 1. The number of phenolic OH excluding ortho intramolecular Hbond substituents is 1. The summed E-state index contributed by atoms with van der Waals surface area (Å²) in [6.45, 7) is 0. The van der Waals surface area contributed by atoms with Gasteiger partial charge in [-0.05, 0) is 24.1 Å². The molecule has 0 fully saturated rings. The zero-order chi connectivity index (χ0) is 15.4. The van der Waals surface area contributed by atoms with Crippen molar-refractivity contribution in [3.05, 3.63) is 65.2 Å². The normalized spacial score (nSPS) is 11.9. The monoisotopic (exact) mass is 285 g/mol. The molecule has 1 atom stereocenters. The first-order valence-electron chi connectivity index (χ1n) is 6.39. The van der Waals surface area contributed by atoms with Crippen molar-refractivity contribution in [1.82, 2.24) is 0 Å². The van der Waals surface area contributed by atoms with Crippen molar-refractivity contribution in [2.24, 2.45) is 5.73 Å². The molecule has 2 aromatic carbocycles. The Morgan fingerprint density at radius 1 is 1.10 bits per heavy atom. The van der Waals surface area contributed by atoms with Gasteiger partial charge in [0.15, 0.2) is 5.78 Å². The van der Waals surface area contributed by atoms with E-state index >= 15 is 0 Å². The van der Waals surface area contributed by atoms with Gasteiger partial charge in [-0.2, -0.15) is 0 Å². The molecular formula is C16H15NO4. The van der Waals surface area contributed by atoms with Crippen LogP contribution in [0.3, 0.4) is 0 Å². The quantitative estimate of drug-likeness (QED) is 0.724. The molecule has 0 bridgehead atoms. The van der Waals surface area contributed by atoms with Crippen LogP contribution in [0.25, 0.3) is 0 Å². The lowest BCUT2D eigenvalue weighted by atomic mass is 9.98. The van der Waals surface area contributed by atoms with Crippen LogP contribution >= 0.6 is 0 Å². The Morgan fingerprint density at radius 2 is 1.76 bits per heavy atom. The van der Waals surface area contributed by atoms with Gasteiger partial charge in [-0.15, -0.1) is 0 Å². The summed E-state index contributed by atoms with van der Waals surface area (Å²) in [6, 6.07) is 11.9. The molecule has 1 unspecified atom stereocenters. The minimum atomic E-state index is -1.11. The van der Waals surface area contributed by atoms with E-state index in [1.54, 1.807) is 36.4 Å². The maximum atomic E-state index is 12.3. The molecule has 0 aliphatic rings. The zero-order valence-electron chi connectivity index (χ0n) is 11.2. The predicted octanol–water partition coefficient (Wildman–Crippen LogP) is 1.58. The van der Waals surface area contributed by atoms with Crippen LogP contribution in [0.15, 0.2) is 48.5 Å². The summed E-state index contributed by atoms with van der Waals surface area (Å²) in [5, 5.41) is 18.7. The summed E-state index contributed by atoms with van der Waals surface area (Å²) in [4.78, 5) is 23.1. The Hall–Kier alpha value is -2.66. The standard InChI is InChI=1S/C16H15NO4/c17-13(16(20)21)9-10-6-7-14(18)12(8-10)15(19)11-4-2-1-3-5-11/h1-8,13,18H,9,17H2,(H,20,21). The van der Waals surface area contributed by atoms with Gasteiger partial charge < -0.3 is 15.9 Å². The van der Waals surface area contributed by atoms with E-state index < -0.39 is 12.0 Å². The van der Waals surface area contributed by atoms with Gasteiger partial charge in [-0.1, -0.05) is 36.4 Å². The van der Waals surface area contributed by atoms with Crippen LogP contribution in [0.4, 0.5) is 0 Å². The van der Waals surface area contributed by atoms with E-state index in [0.29, 0.717) is 11.1 Å². The smallest absolute Gasteiger partial charge is 0.320 e. The van der Waals surface area contributed by atoms with Crippen LogP contribution < -0.4 is 5.73 Å². The Balaban J connectivity index is 2.31. The first-order chi connectivity index (χ1) is 9.99. The first-order valence-corrected chi connectivity index (χ1v) is 6.39. The molecule has 0 aliphatic heterocycles. The molecule has 0 aromatic heterocycles. The van der Waals surface area contributed by atoms with Crippen LogP contribution in [0.1, 0.15) is 21.5 Å². The average molecular weight is 285 g/mol. The van der Waals surface area contributed by atoms with Gasteiger partial charge in [0.2, 0.25) is 0 Å². The highest BCUT2D eigenvalue weighted by molar-refractivity contribution is 6.10. The van der Waals surface area contributed by atoms with Crippen LogP contribution in [-0.2, 0) is 11.2 Å². The number of hydrogen-bond donors (Lipinski definition) is 3. The van der Waals surface area contributed by atoms with E-state index in [-0.39, 0.29) is 23.5 Å². The largest absolute Gasteiger partial charge is 0.507 e. The highest BCUT2D eigenvalue weighted by atomic mass is 16.4. The Bertz CT molecular complexity index is 667. The molecule has 0 aliphatic carbocycles. The number of phenols is 1. The summed E-state index contributed by atoms with van der Waals surface area (Å²) in [5.74, 6) is -1.57. The fraction of sp³-hybridized carbons (Fsp3) is 0.125. The highest BCUT2D eigenvalue weighted by Gasteiger charge is 2.17. The third-order valence-electron chi connectivity index (χ3n) is 3.11. The van der Waals surface area contributed by atoms with Gasteiger partial charge in [-0.25, -0.2) is 0 Å². The molecule has 4 N–H and O–H groups in total. The van der Waals surface area contributed by atoms with E-state index in [4.69, 9.17) is 10.8 Å². The van der Waals surface area contributed by atoms with E-state index in [1.165, 1.54) is 12.1 Å². The highest BCUT2D eigenvalue weighted by Crippen LogP contribution is 2.22. The maximum Gasteiger partial charge on any atom is 0.320 e. The summed E-state index contributed by atoms with van der Waals surface area (Å²) < 4.78 is 0. The average Bonchev–Trinajstić information content (AvgIpc) is 2.49. The molecule has 2 rings (SSSR count). The lowest BCUT2D eigenvalue weighted by molar-refractivity contribution is -0.138. The number of hydrogen-bond acceptors (Lipinski definition) is 4. The van der Waals surface area contributed by atoms with Crippen molar-refractivity contribution in [1.29, 1.82) is 0 Å². The van der Waals surface area contributed by atoms with Gasteiger partial charge in [-0.3, -0.25) is 9.59 Å². The SMILES string of the molecule is NC(Cc1ccc(O)c(C(=O)c2ccccc2)c1)C(=O)O. The summed E-state index contributed by atoms with van der Waals surface area (Å²) >= 11 is 0.